The molecule has 1 amide bonds. The molecule has 0 atom stereocenters. The summed E-state index contributed by atoms with van der Waals surface area (Å²) in [5, 5.41) is 2.94. The Kier molecular flexibility index (Phi) is 4.25. The number of hydrogen-bond acceptors (Lipinski definition) is 3. The van der Waals surface area contributed by atoms with Crippen molar-refractivity contribution >= 4 is 11.6 Å². The van der Waals surface area contributed by atoms with E-state index < -0.39 is 0 Å². The number of rotatable bonds is 4. The molecule has 0 saturated heterocycles. The minimum absolute atomic E-state index is 0.249. The molecule has 0 bridgehead atoms. The van der Waals surface area contributed by atoms with Gasteiger partial charge in [0.25, 0.3) is 5.91 Å². The van der Waals surface area contributed by atoms with E-state index in [-0.39, 0.29) is 18.2 Å². The first kappa shape index (κ1) is 14.3. The van der Waals surface area contributed by atoms with Crippen molar-refractivity contribution in [2.45, 2.75) is 33.2 Å². The van der Waals surface area contributed by atoms with Crippen LogP contribution in [0, 0.1) is 6.92 Å². The first-order chi connectivity index (χ1) is 9.52. The maximum absolute atomic E-state index is 12.2. The van der Waals surface area contributed by atoms with Gasteiger partial charge in [0.15, 0.2) is 5.76 Å². The zero-order valence-corrected chi connectivity index (χ0v) is 12.1. The number of nitrogens with one attached hydrogen (secondary N) is 1. The molecule has 4 heteroatoms. The lowest BCUT2D eigenvalue weighted by molar-refractivity contribution is 0.0995. The summed E-state index contributed by atoms with van der Waals surface area (Å²) in [6.07, 6.45) is 0. The fourth-order valence-corrected chi connectivity index (χ4v) is 2.13. The lowest BCUT2D eigenvalue weighted by atomic mass is 9.98. The summed E-state index contributed by atoms with van der Waals surface area (Å²) >= 11 is 0. The van der Waals surface area contributed by atoms with Crippen molar-refractivity contribution in [3.05, 3.63) is 53.0 Å². The Morgan fingerprint density at radius 2 is 2.05 bits per heavy atom. The van der Waals surface area contributed by atoms with Gasteiger partial charge in [-0.05, 0) is 36.1 Å². The molecule has 0 saturated carbocycles. The van der Waals surface area contributed by atoms with Gasteiger partial charge in [0.05, 0.1) is 6.54 Å². The smallest absolute Gasteiger partial charge is 0.291 e. The Labute approximate surface area is 119 Å². The van der Waals surface area contributed by atoms with E-state index in [1.165, 1.54) is 0 Å². The van der Waals surface area contributed by atoms with Crippen LogP contribution in [-0.4, -0.2) is 5.91 Å². The molecule has 1 heterocycles. The summed E-state index contributed by atoms with van der Waals surface area (Å²) in [4.78, 5) is 12.2. The van der Waals surface area contributed by atoms with Gasteiger partial charge in [-0.2, -0.15) is 0 Å². The molecule has 2 rings (SSSR count). The molecular weight excluding hydrogens is 252 g/mol. The molecule has 0 unspecified atom stereocenters. The van der Waals surface area contributed by atoms with Gasteiger partial charge in [0.2, 0.25) is 0 Å². The van der Waals surface area contributed by atoms with E-state index in [9.17, 15) is 4.79 Å². The van der Waals surface area contributed by atoms with Gasteiger partial charge in [-0.25, -0.2) is 0 Å². The zero-order chi connectivity index (χ0) is 14.7. The van der Waals surface area contributed by atoms with Gasteiger partial charge in [0.1, 0.15) is 5.76 Å². The van der Waals surface area contributed by atoms with Gasteiger partial charge >= 0.3 is 0 Å². The maximum Gasteiger partial charge on any atom is 0.291 e. The van der Waals surface area contributed by atoms with E-state index in [1.807, 2.05) is 25.1 Å². The highest BCUT2D eigenvalue weighted by molar-refractivity contribution is 6.03. The van der Waals surface area contributed by atoms with Gasteiger partial charge in [0, 0.05) is 5.69 Å². The summed E-state index contributed by atoms with van der Waals surface area (Å²) in [7, 11) is 0. The van der Waals surface area contributed by atoms with Crippen LogP contribution in [0.5, 0.6) is 0 Å². The third-order valence-electron chi connectivity index (χ3n) is 3.25. The number of anilines is 1. The fraction of sp³-hybridized carbons (Fsp3) is 0.312. The third kappa shape index (κ3) is 2.91. The van der Waals surface area contributed by atoms with Crippen LogP contribution in [0.25, 0.3) is 0 Å². The lowest BCUT2D eigenvalue weighted by Gasteiger charge is -2.15. The minimum atomic E-state index is -0.249. The Hall–Kier alpha value is -2.07. The van der Waals surface area contributed by atoms with Gasteiger partial charge in [-0.15, -0.1) is 0 Å². The highest BCUT2D eigenvalue weighted by atomic mass is 16.4. The van der Waals surface area contributed by atoms with Crippen molar-refractivity contribution in [2.75, 3.05) is 5.32 Å². The topological polar surface area (TPSA) is 68.3 Å². The molecule has 0 aliphatic carbocycles. The average molecular weight is 272 g/mol. The normalized spacial score (nSPS) is 10.8. The Bertz CT molecular complexity index is 615. The summed E-state index contributed by atoms with van der Waals surface area (Å²) in [5.74, 6) is 0.967. The SMILES string of the molecule is Cc1cccc(C(C)C)c1NC(=O)c1ccc(CN)o1. The molecule has 2 aromatic rings. The van der Waals surface area contributed by atoms with E-state index in [0.717, 1.165) is 16.8 Å². The largest absolute Gasteiger partial charge is 0.455 e. The third-order valence-corrected chi connectivity index (χ3v) is 3.25. The summed E-state index contributed by atoms with van der Waals surface area (Å²) < 4.78 is 5.37. The van der Waals surface area contributed by atoms with Gasteiger partial charge in [-0.1, -0.05) is 32.0 Å². The Balaban J connectivity index is 2.27. The van der Waals surface area contributed by atoms with E-state index in [0.29, 0.717) is 11.7 Å². The molecule has 3 N–H and O–H groups in total. The fourth-order valence-electron chi connectivity index (χ4n) is 2.13. The van der Waals surface area contributed by atoms with Crippen LogP contribution in [0.15, 0.2) is 34.7 Å². The highest BCUT2D eigenvalue weighted by Gasteiger charge is 2.15. The van der Waals surface area contributed by atoms with Crippen molar-refractivity contribution < 1.29 is 9.21 Å². The first-order valence-electron chi connectivity index (χ1n) is 6.72. The van der Waals surface area contributed by atoms with Crippen LogP contribution in [0.2, 0.25) is 0 Å². The number of carbonyl (C=O) groups is 1. The molecule has 1 aromatic heterocycles. The number of amides is 1. The number of carbonyl (C=O) groups excluding carboxylic acids is 1. The zero-order valence-electron chi connectivity index (χ0n) is 12.1. The second-order valence-electron chi connectivity index (χ2n) is 5.12. The second-order valence-corrected chi connectivity index (χ2v) is 5.12. The van der Waals surface area contributed by atoms with E-state index >= 15 is 0 Å². The summed E-state index contributed by atoms with van der Waals surface area (Å²) in [6.45, 7) is 6.47. The van der Waals surface area contributed by atoms with Gasteiger partial charge in [-0.3, -0.25) is 4.79 Å². The van der Waals surface area contributed by atoms with Crippen molar-refractivity contribution in [3.63, 3.8) is 0 Å². The van der Waals surface area contributed by atoms with Gasteiger partial charge < -0.3 is 15.5 Å². The maximum atomic E-state index is 12.2. The second kappa shape index (κ2) is 5.92. The Morgan fingerprint density at radius 3 is 2.65 bits per heavy atom. The van der Waals surface area contributed by atoms with E-state index in [4.69, 9.17) is 10.2 Å². The molecule has 0 aliphatic rings. The summed E-state index contributed by atoms with van der Waals surface area (Å²) in [6, 6.07) is 9.37. The quantitative estimate of drug-likeness (QED) is 0.896. The molecule has 20 heavy (non-hydrogen) atoms. The highest BCUT2D eigenvalue weighted by Crippen LogP contribution is 2.27. The van der Waals surface area contributed by atoms with Crippen LogP contribution in [0.3, 0.4) is 0 Å². The minimum Gasteiger partial charge on any atom is -0.455 e. The van der Waals surface area contributed by atoms with Crippen molar-refractivity contribution in [2.24, 2.45) is 5.73 Å². The molecule has 4 nitrogen and oxygen atoms in total. The molecule has 0 spiro atoms. The number of furan rings is 1. The molecule has 0 aliphatic heterocycles. The predicted molar refractivity (Wildman–Crippen MR) is 79.8 cm³/mol. The number of benzene rings is 1. The Morgan fingerprint density at radius 1 is 1.30 bits per heavy atom. The van der Waals surface area contributed by atoms with Crippen molar-refractivity contribution in [3.8, 4) is 0 Å². The summed E-state index contributed by atoms with van der Waals surface area (Å²) in [5.41, 5.74) is 8.49. The monoisotopic (exact) mass is 272 g/mol. The molecule has 0 fully saturated rings. The van der Waals surface area contributed by atoms with Crippen molar-refractivity contribution in [1.29, 1.82) is 0 Å². The first-order valence-corrected chi connectivity index (χ1v) is 6.72. The number of para-hydroxylation sites is 1. The van der Waals surface area contributed by atoms with Crippen LogP contribution in [0.1, 0.15) is 47.2 Å². The van der Waals surface area contributed by atoms with Crippen LogP contribution >= 0.6 is 0 Å². The lowest BCUT2D eigenvalue weighted by Crippen LogP contribution is -2.14. The van der Waals surface area contributed by atoms with Crippen LogP contribution < -0.4 is 11.1 Å². The number of hydrogen-bond donors (Lipinski definition) is 2. The van der Waals surface area contributed by atoms with E-state index in [1.54, 1.807) is 12.1 Å². The number of nitrogens with two attached hydrogens (primary N) is 1. The van der Waals surface area contributed by atoms with E-state index in [2.05, 4.69) is 19.2 Å². The predicted octanol–water partition coefficient (Wildman–Crippen LogP) is 3.42. The van der Waals surface area contributed by atoms with Crippen LogP contribution in [-0.2, 0) is 6.54 Å². The molecular formula is C16H20N2O2. The molecule has 1 aromatic carbocycles. The molecule has 106 valence electrons. The standard InChI is InChI=1S/C16H20N2O2/c1-10(2)13-6-4-5-11(3)15(13)18-16(19)14-8-7-12(9-17)20-14/h4-8,10H,9,17H2,1-3H3,(H,18,19). The average Bonchev–Trinajstić information content (AvgIpc) is 2.89. The molecule has 0 radical (unpaired) electrons. The van der Waals surface area contributed by atoms with Crippen molar-refractivity contribution in [1.82, 2.24) is 0 Å². The number of aryl methyl sites for hydroxylation is 1. The van der Waals surface area contributed by atoms with Crippen LogP contribution in [0.4, 0.5) is 5.69 Å².